The molecule has 0 radical (unpaired) electrons. The number of aryl methyl sites for hydroxylation is 2. The average Bonchev–Trinajstić information content (AvgIpc) is 3.23. The summed E-state index contributed by atoms with van der Waals surface area (Å²) in [4.78, 5) is 15.2. The van der Waals surface area contributed by atoms with Gasteiger partial charge in [0.15, 0.2) is 5.13 Å². The molecule has 5 rings (SSSR count). The van der Waals surface area contributed by atoms with Crippen molar-refractivity contribution in [3.8, 4) is 11.4 Å². The molecule has 0 spiro atoms. The molecule has 1 fully saturated rings. The number of imidazole rings is 1. The number of thiazole rings is 1. The molecule has 1 aliphatic rings. The lowest BCUT2D eigenvalue weighted by Gasteiger charge is -2.46. The van der Waals surface area contributed by atoms with E-state index in [0.717, 1.165) is 55.2 Å². The number of hydrogen-bond donors (Lipinski definition) is 2. The van der Waals surface area contributed by atoms with Gasteiger partial charge in [0.05, 0.1) is 22.3 Å². The maximum absolute atomic E-state index is 4.87. The quantitative estimate of drug-likeness (QED) is 0.421. The third kappa shape index (κ3) is 4.41. The van der Waals surface area contributed by atoms with Crippen molar-refractivity contribution in [3.63, 3.8) is 0 Å². The van der Waals surface area contributed by atoms with E-state index < -0.39 is 0 Å². The summed E-state index contributed by atoms with van der Waals surface area (Å²) in [6.07, 6.45) is 4.07. The van der Waals surface area contributed by atoms with Crippen LogP contribution in [0.5, 0.6) is 0 Å². The number of rotatable bonds is 3. The van der Waals surface area contributed by atoms with Crippen LogP contribution in [-0.2, 0) is 0 Å². The second-order valence-electron chi connectivity index (χ2n) is 9.58. The zero-order valence-corrected chi connectivity index (χ0v) is 21.1. The largest absolute Gasteiger partial charge is 0.359 e. The van der Waals surface area contributed by atoms with Gasteiger partial charge in [0.25, 0.3) is 0 Å². The topological polar surface area (TPSA) is 80.0 Å². The van der Waals surface area contributed by atoms with Crippen molar-refractivity contribution < 1.29 is 0 Å². The van der Waals surface area contributed by atoms with Crippen LogP contribution in [0.15, 0.2) is 12.3 Å². The number of aromatic nitrogens is 5. The Kier molecular flexibility index (Phi) is 5.53. The standard InChI is InChI=1S/C21H27N7S2.ClH/c1-11-17-16(7-14(22-11)15-10-28-19(24-15)29-12(2)26-28)30-18(25-17)23-13-8-20(3,4)27-21(5,6)9-13;/h7,10,13,27H,8-9H2,1-6H3,(H,23,25);1H. The molecule has 0 atom stereocenters. The van der Waals surface area contributed by atoms with Gasteiger partial charge in [0.2, 0.25) is 4.96 Å². The molecule has 1 saturated heterocycles. The van der Waals surface area contributed by atoms with Crippen LogP contribution in [0.25, 0.3) is 26.6 Å². The first kappa shape index (κ1) is 22.4. The van der Waals surface area contributed by atoms with Gasteiger partial charge in [0.1, 0.15) is 16.2 Å². The van der Waals surface area contributed by atoms with Crippen molar-refractivity contribution in [1.29, 1.82) is 0 Å². The van der Waals surface area contributed by atoms with Gasteiger partial charge >= 0.3 is 0 Å². The number of hydrogen-bond acceptors (Lipinski definition) is 8. The third-order valence-electron chi connectivity index (χ3n) is 5.48. The zero-order chi connectivity index (χ0) is 21.3. The number of piperidine rings is 1. The summed E-state index contributed by atoms with van der Waals surface area (Å²) < 4.78 is 2.96. The Hall–Kier alpha value is -1.81. The van der Waals surface area contributed by atoms with Crippen LogP contribution >= 0.6 is 35.1 Å². The van der Waals surface area contributed by atoms with Gasteiger partial charge in [-0.25, -0.2) is 19.5 Å². The molecule has 166 valence electrons. The first-order chi connectivity index (χ1) is 14.1. The summed E-state index contributed by atoms with van der Waals surface area (Å²) in [5.41, 5.74) is 3.81. The molecule has 0 unspecified atom stereocenters. The van der Waals surface area contributed by atoms with E-state index >= 15 is 0 Å². The number of fused-ring (bicyclic) bond motifs is 2. The minimum atomic E-state index is 0. The number of nitrogens with one attached hydrogen (secondary N) is 2. The number of nitrogens with zero attached hydrogens (tertiary/aromatic N) is 5. The second-order valence-corrected chi connectivity index (χ2v) is 11.8. The van der Waals surface area contributed by atoms with E-state index in [1.807, 2.05) is 24.6 Å². The first-order valence-electron chi connectivity index (χ1n) is 10.2. The minimum Gasteiger partial charge on any atom is -0.359 e. The number of anilines is 1. The van der Waals surface area contributed by atoms with Gasteiger partial charge < -0.3 is 10.6 Å². The lowest BCUT2D eigenvalue weighted by Crippen LogP contribution is -2.60. The molecule has 4 aromatic heterocycles. The van der Waals surface area contributed by atoms with E-state index in [0.29, 0.717) is 6.04 Å². The van der Waals surface area contributed by atoms with Crippen molar-refractivity contribution >= 4 is 55.4 Å². The van der Waals surface area contributed by atoms with Crippen LogP contribution in [0.3, 0.4) is 0 Å². The Labute approximate surface area is 196 Å². The molecule has 5 heterocycles. The fraction of sp³-hybridized carbons (Fsp3) is 0.524. The lowest BCUT2D eigenvalue weighted by molar-refractivity contribution is 0.170. The summed E-state index contributed by atoms with van der Waals surface area (Å²) in [5, 5.41) is 13.9. The Bertz CT molecular complexity index is 1210. The van der Waals surface area contributed by atoms with Gasteiger partial charge in [-0.15, -0.1) is 12.4 Å². The molecule has 10 heteroatoms. The molecule has 0 saturated carbocycles. The van der Waals surface area contributed by atoms with Gasteiger partial charge in [-0.05, 0) is 60.5 Å². The van der Waals surface area contributed by atoms with Crippen LogP contribution in [-0.4, -0.2) is 41.7 Å². The molecule has 0 bridgehead atoms. The molecule has 4 aromatic rings. The Morgan fingerprint density at radius 3 is 2.42 bits per heavy atom. The van der Waals surface area contributed by atoms with Crippen molar-refractivity contribution in [2.75, 3.05) is 5.32 Å². The summed E-state index contributed by atoms with van der Waals surface area (Å²) in [7, 11) is 0. The Morgan fingerprint density at radius 2 is 1.74 bits per heavy atom. The highest BCUT2D eigenvalue weighted by Crippen LogP contribution is 2.35. The predicted octanol–water partition coefficient (Wildman–Crippen LogP) is 5.22. The lowest BCUT2D eigenvalue weighted by atomic mass is 9.80. The van der Waals surface area contributed by atoms with E-state index in [-0.39, 0.29) is 23.5 Å². The van der Waals surface area contributed by atoms with Gasteiger partial charge in [-0.2, -0.15) is 5.10 Å². The van der Waals surface area contributed by atoms with Crippen molar-refractivity contribution in [1.82, 2.24) is 29.9 Å². The summed E-state index contributed by atoms with van der Waals surface area (Å²) >= 11 is 3.28. The molecule has 0 aliphatic carbocycles. The molecule has 7 nitrogen and oxygen atoms in total. The molecule has 1 aliphatic heterocycles. The normalized spacial score (nSPS) is 18.4. The first-order valence-corrected chi connectivity index (χ1v) is 11.9. The molecular formula is C21H28ClN7S2. The average molecular weight is 478 g/mol. The van der Waals surface area contributed by atoms with E-state index in [4.69, 9.17) is 15.0 Å². The molecule has 0 amide bonds. The molecule has 2 N–H and O–H groups in total. The molecular weight excluding hydrogens is 450 g/mol. The smallest absolute Gasteiger partial charge is 0.212 e. The van der Waals surface area contributed by atoms with Gasteiger partial charge in [-0.3, -0.25) is 0 Å². The van der Waals surface area contributed by atoms with Crippen molar-refractivity contribution in [2.45, 2.75) is 71.5 Å². The fourth-order valence-electron chi connectivity index (χ4n) is 4.79. The second kappa shape index (κ2) is 7.65. The predicted molar refractivity (Wildman–Crippen MR) is 132 cm³/mol. The number of halogens is 1. The van der Waals surface area contributed by atoms with Crippen molar-refractivity contribution in [3.05, 3.63) is 23.0 Å². The van der Waals surface area contributed by atoms with Crippen LogP contribution in [0.4, 0.5) is 5.13 Å². The van der Waals surface area contributed by atoms with E-state index in [9.17, 15) is 0 Å². The summed E-state index contributed by atoms with van der Waals surface area (Å²) in [6.45, 7) is 13.1. The highest BCUT2D eigenvalue weighted by Gasteiger charge is 2.37. The molecule has 0 aromatic carbocycles. The minimum absolute atomic E-state index is 0. The zero-order valence-electron chi connectivity index (χ0n) is 18.6. The SMILES string of the molecule is Cc1nn2cc(-c3cc4sc(NC5CC(C)(C)NC(C)(C)C5)nc4c(C)n3)nc2s1.Cl. The van der Waals surface area contributed by atoms with Crippen LogP contribution < -0.4 is 10.6 Å². The highest BCUT2D eigenvalue weighted by molar-refractivity contribution is 7.22. The monoisotopic (exact) mass is 477 g/mol. The Morgan fingerprint density at radius 1 is 1.03 bits per heavy atom. The maximum atomic E-state index is 4.87. The van der Waals surface area contributed by atoms with Gasteiger partial charge in [-0.1, -0.05) is 22.7 Å². The van der Waals surface area contributed by atoms with Crippen LogP contribution in [0.2, 0.25) is 0 Å². The van der Waals surface area contributed by atoms with Crippen molar-refractivity contribution in [2.24, 2.45) is 0 Å². The van der Waals surface area contributed by atoms with Gasteiger partial charge in [0, 0.05) is 17.1 Å². The third-order valence-corrected chi connectivity index (χ3v) is 7.25. The maximum Gasteiger partial charge on any atom is 0.212 e. The van der Waals surface area contributed by atoms with E-state index in [1.54, 1.807) is 22.7 Å². The molecule has 31 heavy (non-hydrogen) atoms. The van der Waals surface area contributed by atoms with E-state index in [1.165, 1.54) is 0 Å². The van der Waals surface area contributed by atoms with Crippen LogP contribution in [0.1, 0.15) is 51.2 Å². The summed E-state index contributed by atoms with van der Waals surface area (Å²) in [5.74, 6) is 0. The van der Waals surface area contributed by atoms with Crippen LogP contribution in [0, 0.1) is 13.8 Å². The number of pyridine rings is 1. The highest BCUT2D eigenvalue weighted by atomic mass is 35.5. The van der Waals surface area contributed by atoms with E-state index in [2.05, 4.69) is 49.5 Å². The summed E-state index contributed by atoms with van der Waals surface area (Å²) in [6, 6.07) is 2.49. The Balaban J connectivity index is 0.00000231. The fourth-order valence-corrected chi connectivity index (χ4v) is 6.55.